The van der Waals surface area contributed by atoms with Crippen LogP contribution in [0, 0.1) is 5.82 Å². The molecule has 1 fully saturated rings. The third-order valence-electron chi connectivity index (χ3n) is 4.56. The largest absolute Gasteiger partial charge is 0.343 e. The maximum absolute atomic E-state index is 13.8. The molecule has 2 heterocycles. The molecule has 150 valence electrons. The SMILES string of the molecule is CSc1nc2ccc(NC(=O)[C@H]3CS[C@H](Cc4ccccc4F)C(=O)N3)cc2s1. The third-order valence-corrected chi connectivity index (χ3v) is 7.88. The molecule has 2 aromatic carbocycles. The van der Waals surface area contributed by atoms with Crippen molar-refractivity contribution in [3.8, 4) is 0 Å². The lowest BCUT2D eigenvalue weighted by Crippen LogP contribution is -2.52. The Morgan fingerprint density at radius 3 is 2.93 bits per heavy atom. The first-order valence-corrected chi connectivity index (χ1v) is 12.0. The Morgan fingerprint density at radius 2 is 2.17 bits per heavy atom. The fourth-order valence-corrected chi connectivity index (χ4v) is 5.75. The minimum absolute atomic E-state index is 0.243. The van der Waals surface area contributed by atoms with E-state index >= 15 is 0 Å². The first kappa shape index (κ1) is 20.2. The van der Waals surface area contributed by atoms with Crippen molar-refractivity contribution in [1.29, 1.82) is 0 Å². The molecule has 2 N–H and O–H groups in total. The summed E-state index contributed by atoms with van der Waals surface area (Å²) in [6.07, 6.45) is 2.28. The van der Waals surface area contributed by atoms with Gasteiger partial charge in [0.05, 0.1) is 15.5 Å². The normalized spacial score (nSPS) is 19.2. The lowest BCUT2D eigenvalue weighted by atomic mass is 10.1. The Morgan fingerprint density at radius 1 is 1.34 bits per heavy atom. The van der Waals surface area contributed by atoms with E-state index in [1.165, 1.54) is 17.8 Å². The number of nitrogens with one attached hydrogen (secondary N) is 2. The van der Waals surface area contributed by atoms with Gasteiger partial charge in [0, 0.05) is 11.4 Å². The molecule has 1 aromatic heterocycles. The zero-order chi connectivity index (χ0) is 20.4. The quantitative estimate of drug-likeness (QED) is 0.580. The number of anilines is 1. The average molecular weight is 448 g/mol. The summed E-state index contributed by atoms with van der Waals surface area (Å²) >= 11 is 4.54. The summed E-state index contributed by atoms with van der Waals surface area (Å²) < 4.78 is 15.8. The van der Waals surface area contributed by atoms with Crippen molar-refractivity contribution in [2.45, 2.75) is 22.1 Å². The van der Waals surface area contributed by atoms with E-state index in [2.05, 4.69) is 15.6 Å². The molecule has 5 nitrogen and oxygen atoms in total. The standard InChI is InChI=1S/C20H18FN3O2S3/c1-27-20-24-14-7-6-12(9-16(14)29-20)22-18(25)15-10-28-17(19(26)23-15)8-11-4-2-3-5-13(11)21/h2-7,9,15,17H,8,10H2,1H3,(H,22,25)(H,23,26)/t15-,17-/m1/s1. The van der Waals surface area contributed by atoms with Crippen LogP contribution in [-0.2, 0) is 16.0 Å². The van der Waals surface area contributed by atoms with Gasteiger partial charge in [-0.05, 0) is 42.5 Å². The number of thiazole rings is 1. The van der Waals surface area contributed by atoms with Gasteiger partial charge in [0.15, 0.2) is 4.34 Å². The first-order valence-electron chi connectivity index (χ1n) is 8.94. The van der Waals surface area contributed by atoms with E-state index in [1.807, 2.05) is 24.5 Å². The van der Waals surface area contributed by atoms with Crippen LogP contribution >= 0.6 is 34.9 Å². The lowest BCUT2D eigenvalue weighted by molar-refractivity contribution is -0.126. The number of carbonyl (C=O) groups excluding carboxylic acids is 2. The average Bonchev–Trinajstić information content (AvgIpc) is 3.13. The molecule has 0 spiro atoms. The lowest BCUT2D eigenvalue weighted by Gasteiger charge is -2.28. The minimum Gasteiger partial charge on any atom is -0.343 e. The van der Waals surface area contributed by atoms with Gasteiger partial charge in [-0.3, -0.25) is 9.59 Å². The van der Waals surface area contributed by atoms with Gasteiger partial charge in [-0.2, -0.15) is 0 Å². The van der Waals surface area contributed by atoms with Gasteiger partial charge < -0.3 is 10.6 Å². The highest BCUT2D eigenvalue weighted by atomic mass is 32.2. The zero-order valence-electron chi connectivity index (χ0n) is 15.5. The van der Waals surface area contributed by atoms with Crippen molar-refractivity contribution in [3.63, 3.8) is 0 Å². The number of benzene rings is 2. The van der Waals surface area contributed by atoms with Gasteiger partial charge in [-0.15, -0.1) is 23.1 Å². The molecular formula is C20H18FN3O2S3. The Kier molecular flexibility index (Phi) is 6.07. The smallest absolute Gasteiger partial charge is 0.247 e. The molecule has 0 bridgehead atoms. The van der Waals surface area contributed by atoms with E-state index in [0.29, 0.717) is 23.4 Å². The van der Waals surface area contributed by atoms with Crippen LogP contribution in [0.3, 0.4) is 0 Å². The molecule has 29 heavy (non-hydrogen) atoms. The van der Waals surface area contributed by atoms with Gasteiger partial charge in [-0.1, -0.05) is 30.0 Å². The second-order valence-corrected chi connectivity index (χ2v) is 9.85. The maximum Gasteiger partial charge on any atom is 0.247 e. The van der Waals surface area contributed by atoms with Crippen LogP contribution in [0.4, 0.5) is 10.1 Å². The van der Waals surface area contributed by atoms with E-state index in [9.17, 15) is 14.0 Å². The van der Waals surface area contributed by atoms with Crippen LogP contribution in [0.2, 0.25) is 0 Å². The highest BCUT2D eigenvalue weighted by molar-refractivity contribution is 8.00. The van der Waals surface area contributed by atoms with Crippen molar-refractivity contribution < 1.29 is 14.0 Å². The van der Waals surface area contributed by atoms with Crippen LogP contribution in [-0.4, -0.2) is 40.1 Å². The summed E-state index contributed by atoms with van der Waals surface area (Å²) in [7, 11) is 0. The van der Waals surface area contributed by atoms with E-state index < -0.39 is 11.3 Å². The number of halogens is 1. The van der Waals surface area contributed by atoms with Crippen molar-refractivity contribution in [2.75, 3.05) is 17.3 Å². The molecule has 1 aliphatic heterocycles. The van der Waals surface area contributed by atoms with Crippen LogP contribution in [0.1, 0.15) is 5.56 Å². The number of rotatable bonds is 5. The topological polar surface area (TPSA) is 71.1 Å². The predicted octanol–water partition coefficient (Wildman–Crippen LogP) is 3.94. The summed E-state index contributed by atoms with van der Waals surface area (Å²) in [6, 6.07) is 11.4. The van der Waals surface area contributed by atoms with E-state index in [0.717, 1.165) is 14.6 Å². The summed E-state index contributed by atoms with van der Waals surface area (Å²) in [5.74, 6) is -0.379. The predicted molar refractivity (Wildman–Crippen MR) is 118 cm³/mol. The number of carbonyl (C=O) groups is 2. The Labute approximate surface area is 179 Å². The number of thioether (sulfide) groups is 2. The number of aromatic nitrogens is 1. The molecule has 0 aliphatic carbocycles. The molecule has 0 unspecified atom stereocenters. The van der Waals surface area contributed by atoms with Crippen molar-refractivity contribution in [2.24, 2.45) is 0 Å². The van der Waals surface area contributed by atoms with Crippen LogP contribution in [0.5, 0.6) is 0 Å². The Hall–Kier alpha value is -2.10. The second kappa shape index (κ2) is 8.73. The van der Waals surface area contributed by atoms with E-state index in [1.54, 1.807) is 41.3 Å². The minimum atomic E-state index is -0.622. The number of nitrogens with zero attached hydrogens (tertiary/aromatic N) is 1. The van der Waals surface area contributed by atoms with Gasteiger partial charge in [0.2, 0.25) is 11.8 Å². The van der Waals surface area contributed by atoms with E-state index in [-0.39, 0.29) is 17.6 Å². The summed E-state index contributed by atoms with van der Waals surface area (Å²) in [5, 5.41) is 5.23. The van der Waals surface area contributed by atoms with Gasteiger partial charge in [0.25, 0.3) is 0 Å². The molecule has 3 aromatic rings. The Bertz CT molecular complexity index is 1070. The molecular weight excluding hydrogens is 429 g/mol. The molecule has 4 rings (SSSR count). The van der Waals surface area contributed by atoms with Crippen LogP contribution < -0.4 is 10.6 Å². The van der Waals surface area contributed by atoms with Crippen molar-refractivity contribution in [1.82, 2.24) is 10.3 Å². The van der Waals surface area contributed by atoms with Crippen molar-refractivity contribution >= 4 is 62.6 Å². The molecule has 1 aliphatic rings. The molecule has 9 heteroatoms. The second-order valence-electron chi connectivity index (χ2n) is 6.53. The molecule has 0 radical (unpaired) electrons. The monoisotopic (exact) mass is 447 g/mol. The third kappa shape index (κ3) is 4.57. The number of hydrogen-bond donors (Lipinski definition) is 2. The molecule has 2 atom stereocenters. The van der Waals surface area contributed by atoms with Crippen molar-refractivity contribution in [3.05, 3.63) is 53.8 Å². The van der Waals surface area contributed by atoms with Crippen LogP contribution in [0.25, 0.3) is 10.2 Å². The number of amides is 2. The number of fused-ring (bicyclic) bond motifs is 1. The maximum atomic E-state index is 13.8. The Balaban J connectivity index is 1.38. The summed E-state index contributed by atoms with van der Waals surface area (Å²) in [6.45, 7) is 0. The van der Waals surface area contributed by atoms with Crippen LogP contribution in [0.15, 0.2) is 46.8 Å². The van der Waals surface area contributed by atoms with Gasteiger partial charge in [-0.25, -0.2) is 9.37 Å². The van der Waals surface area contributed by atoms with Gasteiger partial charge >= 0.3 is 0 Å². The summed E-state index contributed by atoms with van der Waals surface area (Å²) in [4.78, 5) is 29.5. The fourth-order valence-electron chi connectivity index (χ4n) is 3.05. The number of hydrogen-bond acceptors (Lipinski definition) is 6. The highest BCUT2D eigenvalue weighted by Crippen LogP contribution is 2.30. The molecule has 0 saturated carbocycles. The van der Waals surface area contributed by atoms with E-state index in [4.69, 9.17) is 0 Å². The highest BCUT2D eigenvalue weighted by Gasteiger charge is 2.32. The first-order chi connectivity index (χ1) is 14.0. The van der Waals surface area contributed by atoms with Gasteiger partial charge in [0.1, 0.15) is 11.9 Å². The zero-order valence-corrected chi connectivity index (χ0v) is 17.9. The summed E-state index contributed by atoms with van der Waals surface area (Å²) in [5.41, 5.74) is 2.08. The fraction of sp³-hybridized carbons (Fsp3) is 0.250. The molecule has 2 amide bonds. The molecule has 1 saturated heterocycles.